The van der Waals surface area contributed by atoms with E-state index >= 15 is 0 Å². The summed E-state index contributed by atoms with van der Waals surface area (Å²) in [6.45, 7) is 4.86. The van der Waals surface area contributed by atoms with Gasteiger partial charge < -0.3 is 10.6 Å². The normalized spacial score (nSPS) is 23.6. The van der Waals surface area contributed by atoms with Gasteiger partial charge in [0, 0.05) is 0 Å². The van der Waals surface area contributed by atoms with E-state index < -0.39 is 35.5 Å². The van der Waals surface area contributed by atoms with Gasteiger partial charge in [-0.05, 0) is 36.8 Å². The molecule has 1 heterocycles. The van der Waals surface area contributed by atoms with E-state index in [2.05, 4.69) is 16.7 Å². The van der Waals surface area contributed by atoms with Crippen molar-refractivity contribution in [3.05, 3.63) is 35.4 Å². The highest BCUT2D eigenvalue weighted by Gasteiger charge is 2.55. The van der Waals surface area contributed by atoms with Crippen molar-refractivity contribution in [3.8, 4) is 6.07 Å². The lowest BCUT2D eigenvalue weighted by Crippen LogP contribution is -2.52. The number of urea groups is 1. The molecule has 0 radical (unpaired) electrons. The Kier molecular flexibility index (Phi) is 4.23. The Labute approximate surface area is 152 Å². The fraction of sp³-hybridized carbons (Fsp3) is 0.474. The number of aryl methyl sites for hydroxylation is 1. The molecule has 2 atom stereocenters. The Bertz CT molecular complexity index is 828. The molecule has 2 N–H and O–H groups in total. The highest BCUT2D eigenvalue weighted by atomic mass is 16.2. The van der Waals surface area contributed by atoms with Gasteiger partial charge in [0.1, 0.15) is 17.6 Å². The molecule has 1 aromatic carbocycles. The monoisotopic (exact) mass is 354 g/mol. The van der Waals surface area contributed by atoms with E-state index in [0.717, 1.165) is 16.0 Å². The number of amides is 4. The summed E-state index contributed by atoms with van der Waals surface area (Å²) >= 11 is 0. The number of rotatable bonds is 4. The van der Waals surface area contributed by atoms with Gasteiger partial charge in [-0.2, -0.15) is 5.26 Å². The molecular weight excluding hydrogens is 332 g/mol. The molecule has 1 spiro atoms. The summed E-state index contributed by atoms with van der Waals surface area (Å²) in [7, 11) is 0. The van der Waals surface area contributed by atoms with E-state index in [1.807, 2.05) is 38.1 Å². The van der Waals surface area contributed by atoms with E-state index in [1.54, 1.807) is 6.92 Å². The van der Waals surface area contributed by atoms with E-state index in [1.165, 1.54) is 0 Å². The standard InChI is InChI=1S/C19H22N4O3/c1-12(2)18(3,11-20)21-15(24)10-23-16(25)19(22-17(23)26)9-8-13-6-4-5-7-14(13)19/h4-7,12H,8-10H2,1-3H3,(H,21,24)(H,22,26)/t18-,19-/m0/s1. The van der Waals surface area contributed by atoms with Crippen LogP contribution in [0.25, 0.3) is 0 Å². The van der Waals surface area contributed by atoms with Crippen LogP contribution in [0.5, 0.6) is 0 Å². The SMILES string of the molecule is CC(C)[C@](C)(C#N)NC(=O)CN1C(=O)N[C@]2(CCc3ccccc32)C1=O. The van der Waals surface area contributed by atoms with Gasteiger partial charge >= 0.3 is 6.03 Å². The van der Waals surface area contributed by atoms with Gasteiger partial charge in [0.2, 0.25) is 5.91 Å². The van der Waals surface area contributed by atoms with Gasteiger partial charge in [0.15, 0.2) is 0 Å². The van der Waals surface area contributed by atoms with E-state index in [0.29, 0.717) is 12.8 Å². The third kappa shape index (κ3) is 2.62. The molecule has 4 amide bonds. The predicted octanol–water partition coefficient (Wildman–Crippen LogP) is 1.43. The van der Waals surface area contributed by atoms with Crippen LogP contribution < -0.4 is 10.6 Å². The highest BCUT2D eigenvalue weighted by molar-refractivity contribution is 6.10. The maximum Gasteiger partial charge on any atom is 0.325 e. The molecule has 0 unspecified atom stereocenters. The van der Waals surface area contributed by atoms with Crippen LogP contribution in [-0.4, -0.2) is 34.8 Å². The lowest BCUT2D eigenvalue weighted by Gasteiger charge is -2.28. The van der Waals surface area contributed by atoms with Crippen LogP contribution in [0.4, 0.5) is 4.79 Å². The number of nitrogens with zero attached hydrogens (tertiary/aromatic N) is 2. The minimum Gasteiger partial charge on any atom is -0.336 e. The van der Waals surface area contributed by atoms with Crippen molar-refractivity contribution in [2.24, 2.45) is 5.92 Å². The molecule has 0 saturated carbocycles. The van der Waals surface area contributed by atoms with Crippen LogP contribution in [0.3, 0.4) is 0 Å². The molecule has 3 rings (SSSR count). The molecule has 1 aromatic rings. The number of imide groups is 1. The summed E-state index contributed by atoms with van der Waals surface area (Å²) in [6.07, 6.45) is 1.18. The van der Waals surface area contributed by atoms with Gasteiger partial charge in [-0.15, -0.1) is 0 Å². The molecule has 1 fully saturated rings. The Morgan fingerprint density at radius 1 is 1.42 bits per heavy atom. The van der Waals surface area contributed by atoms with Gasteiger partial charge in [0.25, 0.3) is 5.91 Å². The number of nitrogens with one attached hydrogen (secondary N) is 2. The number of nitriles is 1. The van der Waals surface area contributed by atoms with Crippen LogP contribution >= 0.6 is 0 Å². The number of benzene rings is 1. The first kappa shape index (κ1) is 17.9. The predicted molar refractivity (Wildman–Crippen MR) is 93.7 cm³/mol. The molecule has 136 valence electrons. The first-order valence-electron chi connectivity index (χ1n) is 8.68. The topological polar surface area (TPSA) is 102 Å². The molecule has 1 aliphatic carbocycles. The molecule has 2 aliphatic rings. The van der Waals surface area contributed by atoms with E-state index in [4.69, 9.17) is 0 Å². The average molecular weight is 354 g/mol. The molecule has 1 saturated heterocycles. The summed E-state index contributed by atoms with van der Waals surface area (Å²) < 4.78 is 0. The van der Waals surface area contributed by atoms with Crippen molar-refractivity contribution in [2.45, 2.75) is 44.7 Å². The van der Waals surface area contributed by atoms with Crippen molar-refractivity contribution in [3.63, 3.8) is 0 Å². The van der Waals surface area contributed by atoms with Crippen LogP contribution in [0.1, 0.15) is 38.3 Å². The zero-order chi connectivity index (χ0) is 19.1. The summed E-state index contributed by atoms with van der Waals surface area (Å²) in [4.78, 5) is 38.7. The Balaban J connectivity index is 1.79. The summed E-state index contributed by atoms with van der Waals surface area (Å²) in [5, 5.41) is 14.7. The third-order valence-corrected chi connectivity index (χ3v) is 5.51. The second kappa shape index (κ2) is 6.13. The molecule has 7 nitrogen and oxygen atoms in total. The molecule has 7 heteroatoms. The van der Waals surface area contributed by atoms with E-state index in [9.17, 15) is 19.6 Å². The summed E-state index contributed by atoms with van der Waals surface area (Å²) in [5.74, 6) is -1.06. The van der Waals surface area contributed by atoms with Crippen LogP contribution in [0.15, 0.2) is 24.3 Å². The number of fused-ring (bicyclic) bond motifs is 2. The van der Waals surface area contributed by atoms with Crippen LogP contribution in [0, 0.1) is 17.2 Å². The minimum atomic E-state index is -1.08. The number of hydrogen-bond acceptors (Lipinski definition) is 4. The van der Waals surface area contributed by atoms with Crippen molar-refractivity contribution >= 4 is 17.8 Å². The number of hydrogen-bond donors (Lipinski definition) is 2. The molecule has 1 aliphatic heterocycles. The van der Waals surface area contributed by atoms with E-state index in [-0.39, 0.29) is 5.92 Å². The number of carbonyl (C=O) groups excluding carboxylic acids is 3. The molecule has 26 heavy (non-hydrogen) atoms. The third-order valence-electron chi connectivity index (χ3n) is 5.51. The van der Waals surface area contributed by atoms with Crippen LogP contribution in [0.2, 0.25) is 0 Å². The first-order valence-corrected chi connectivity index (χ1v) is 8.68. The van der Waals surface area contributed by atoms with Gasteiger partial charge in [-0.3, -0.25) is 14.5 Å². The second-order valence-corrected chi connectivity index (χ2v) is 7.40. The van der Waals surface area contributed by atoms with Crippen LogP contribution in [-0.2, 0) is 21.5 Å². The lowest BCUT2D eigenvalue weighted by atomic mass is 9.90. The maximum atomic E-state index is 13.0. The fourth-order valence-corrected chi connectivity index (χ4v) is 3.51. The number of carbonyl (C=O) groups is 3. The largest absolute Gasteiger partial charge is 0.336 e. The Morgan fingerprint density at radius 2 is 2.12 bits per heavy atom. The smallest absolute Gasteiger partial charge is 0.325 e. The van der Waals surface area contributed by atoms with Crippen molar-refractivity contribution in [1.82, 2.24) is 15.5 Å². The van der Waals surface area contributed by atoms with Gasteiger partial charge in [-0.25, -0.2) is 4.79 Å². The second-order valence-electron chi connectivity index (χ2n) is 7.40. The molecule has 0 bridgehead atoms. The first-order chi connectivity index (χ1) is 12.2. The molecule has 0 aromatic heterocycles. The van der Waals surface area contributed by atoms with Crippen molar-refractivity contribution in [2.75, 3.05) is 6.54 Å². The van der Waals surface area contributed by atoms with Gasteiger partial charge in [0.05, 0.1) is 6.07 Å². The fourth-order valence-electron chi connectivity index (χ4n) is 3.51. The van der Waals surface area contributed by atoms with Crippen molar-refractivity contribution < 1.29 is 14.4 Å². The Hall–Kier alpha value is -2.88. The average Bonchev–Trinajstić information content (AvgIpc) is 3.08. The quantitative estimate of drug-likeness (QED) is 0.799. The van der Waals surface area contributed by atoms with Crippen molar-refractivity contribution in [1.29, 1.82) is 5.26 Å². The zero-order valence-corrected chi connectivity index (χ0v) is 15.1. The zero-order valence-electron chi connectivity index (χ0n) is 15.1. The summed E-state index contributed by atoms with van der Waals surface area (Å²) in [6, 6.07) is 9.03. The molecular formula is C19H22N4O3. The highest BCUT2D eigenvalue weighted by Crippen LogP contribution is 2.41. The lowest BCUT2D eigenvalue weighted by molar-refractivity contribution is -0.135. The summed E-state index contributed by atoms with van der Waals surface area (Å²) in [5.41, 5.74) is -0.312. The Morgan fingerprint density at radius 3 is 2.77 bits per heavy atom. The minimum absolute atomic E-state index is 0.118. The van der Waals surface area contributed by atoms with Gasteiger partial charge in [-0.1, -0.05) is 38.1 Å². The maximum absolute atomic E-state index is 13.0.